The van der Waals surface area contributed by atoms with Crippen LogP contribution in [0.5, 0.6) is 5.75 Å². The lowest BCUT2D eigenvalue weighted by Crippen LogP contribution is -2.49. The van der Waals surface area contributed by atoms with Crippen molar-refractivity contribution in [3.63, 3.8) is 0 Å². The van der Waals surface area contributed by atoms with E-state index in [1.165, 1.54) is 18.2 Å². The lowest BCUT2D eigenvalue weighted by molar-refractivity contribution is -0.147. The highest BCUT2D eigenvalue weighted by atomic mass is 19.1. The average Bonchev–Trinajstić information content (AvgIpc) is 2.15. The molecular weight excluding hydrogens is 213 g/mol. The van der Waals surface area contributed by atoms with E-state index in [0.29, 0.717) is 25.2 Å². The quantitative estimate of drug-likeness (QED) is 0.807. The number of aliphatic carboxylic acids is 1. The van der Waals surface area contributed by atoms with Gasteiger partial charge in [0.1, 0.15) is 11.6 Å². The number of nitrogens with zero attached hydrogens (tertiary/aromatic N) is 1. The molecule has 1 fully saturated rings. The van der Waals surface area contributed by atoms with Crippen LogP contribution in [0.1, 0.15) is 5.56 Å². The molecule has 1 aromatic rings. The zero-order chi connectivity index (χ0) is 11.7. The summed E-state index contributed by atoms with van der Waals surface area (Å²) in [6.07, 6.45) is 0. The monoisotopic (exact) mass is 225 g/mol. The van der Waals surface area contributed by atoms with Gasteiger partial charge in [0.15, 0.2) is 0 Å². The van der Waals surface area contributed by atoms with Crippen LogP contribution < -0.4 is 0 Å². The molecule has 0 atom stereocenters. The van der Waals surface area contributed by atoms with Crippen molar-refractivity contribution in [2.45, 2.75) is 6.54 Å². The van der Waals surface area contributed by atoms with Crippen LogP contribution in [0.2, 0.25) is 0 Å². The topological polar surface area (TPSA) is 60.8 Å². The van der Waals surface area contributed by atoms with Gasteiger partial charge in [0.2, 0.25) is 0 Å². The van der Waals surface area contributed by atoms with Gasteiger partial charge >= 0.3 is 5.97 Å². The number of phenols is 1. The summed E-state index contributed by atoms with van der Waals surface area (Å²) >= 11 is 0. The van der Waals surface area contributed by atoms with Gasteiger partial charge in [0.25, 0.3) is 0 Å². The molecule has 86 valence electrons. The van der Waals surface area contributed by atoms with Gasteiger partial charge in [-0.05, 0) is 18.2 Å². The van der Waals surface area contributed by atoms with Crippen molar-refractivity contribution >= 4 is 5.97 Å². The molecule has 0 saturated carbocycles. The molecular formula is C11H12FNO3. The zero-order valence-corrected chi connectivity index (χ0v) is 8.56. The van der Waals surface area contributed by atoms with Crippen LogP contribution in [0.15, 0.2) is 18.2 Å². The Morgan fingerprint density at radius 1 is 1.50 bits per heavy atom. The van der Waals surface area contributed by atoms with Gasteiger partial charge in [-0.15, -0.1) is 0 Å². The fourth-order valence-electron chi connectivity index (χ4n) is 1.78. The number of benzene rings is 1. The molecule has 1 aliphatic heterocycles. The number of halogens is 1. The summed E-state index contributed by atoms with van der Waals surface area (Å²) in [7, 11) is 0. The van der Waals surface area contributed by atoms with Gasteiger partial charge in [0.05, 0.1) is 5.92 Å². The SMILES string of the molecule is O=C(O)C1CN(Cc2cc(F)ccc2O)C1. The normalized spacial score (nSPS) is 17.1. The summed E-state index contributed by atoms with van der Waals surface area (Å²) in [5.41, 5.74) is 0.490. The number of rotatable bonds is 3. The van der Waals surface area contributed by atoms with Crippen LogP contribution in [0.4, 0.5) is 4.39 Å². The molecule has 0 spiro atoms. The molecule has 0 amide bonds. The van der Waals surface area contributed by atoms with E-state index in [4.69, 9.17) is 5.11 Å². The first-order chi connectivity index (χ1) is 7.56. The van der Waals surface area contributed by atoms with Crippen molar-refractivity contribution < 1.29 is 19.4 Å². The van der Waals surface area contributed by atoms with Gasteiger partial charge < -0.3 is 10.2 Å². The number of aromatic hydroxyl groups is 1. The Morgan fingerprint density at radius 3 is 2.81 bits per heavy atom. The maximum atomic E-state index is 12.9. The van der Waals surface area contributed by atoms with E-state index in [1.807, 2.05) is 4.90 Å². The Labute approximate surface area is 91.9 Å². The number of likely N-dealkylation sites (tertiary alicyclic amines) is 1. The molecule has 0 bridgehead atoms. The molecule has 1 aliphatic rings. The zero-order valence-electron chi connectivity index (χ0n) is 8.56. The molecule has 16 heavy (non-hydrogen) atoms. The van der Waals surface area contributed by atoms with E-state index in [2.05, 4.69) is 0 Å². The number of phenolic OH excluding ortho intramolecular Hbond substituents is 1. The molecule has 5 heteroatoms. The highest BCUT2D eigenvalue weighted by Crippen LogP contribution is 2.24. The molecule has 1 saturated heterocycles. The summed E-state index contributed by atoms with van der Waals surface area (Å²) in [4.78, 5) is 12.4. The second kappa shape index (κ2) is 4.09. The van der Waals surface area contributed by atoms with Gasteiger partial charge in [-0.2, -0.15) is 0 Å². The van der Waals surface area contributed by atoms with E-state index >= 15 is 0 Å². The van der Waals surface area contributed by atoms with E-state index in [9.17, 15) is 14.3 Å². The lowest BCUT2D eigenvalue weighted by Gasteiger charge is -2.36. The number of carboxylic acid groups (broad SMARTS) is 1. The fraction of sp³-hybridized carbons (Fsp3) is 0.364. The second-order valence-electron chi connectivity index (χ2n) is 4.00. The summed E-state index contributed by atoms with van der Waals surface area (Å²) in [5.74, 6) is -1.50. The van der Waals surface area contributed by atoms with E-state index < -0.39 is 11.8 Å². The maximum Gasteiger partial charge on any atom is 0.309 e. The number of carbonyl (C=O) groups is 1. The maximum absolute atomic E-state index is 12.9. The Kier molecular flexibility index (Phi) is 2.78. The van der Waals surface area contributed by atoms with Gasteiger partial charge in [-0.3, -0.25) is 9.69 Å². The molecule has 4 nitrogen and oxygen atoms in total. The Bertz CT molecular complexity index is 416. The predicted molar refractivity (Wildman–Crippen MR) is 54.5 cm³/mol. The third-order valence-corrected chi connectivity index (χ3v) is 2.74. The molecule has 0 aliphatic carbocycles. The third-order valence-electron chi connectivity index (χ3n) is 2.74. The molecule has 1 heterocycles. The number of hydrogen-bond donors (Lipinski definition) is 2. The molecule has 0 radical (unpaired) electrons. The van der Waals surface area contributed by atoms with Crippen molar-refractivity contribution in [3.8, 4) is 5.75 Å². The Hall–Kier alpha value is -1.62. The first kappa shape index (κ1) is 10.9. The minimum atomic E-state index is -0.806. The Morgan fingerprint density at radius 2 is 2.19 bits per heavy atom. The van der Waals surface area contributed by atoms with Crippen LogP contribution in [-0.4, -0.2) is 34.2 Å². The van der Waals surface area contributed by atoms with Crippen LogP contribution in [0.3, 0.4) is 0 Å². The van der Waals surface area contributed by atoms with Crippen molar-refractivity contribution in [2.24, 2.45) is 5.92 Å². The Balaban J connectivity index is 1.96. The van der Waals surface area contributed by atoms with Crippen LogP contribution in [0, 0.1) is 11.7 Å². The predicted octanol–water partition coefficient (Wildman–Crippen LogP) is 1.05. The molecule has 2 N–H and O–H groups in total. The van der Waals surface area contributed by atoms with E-state index in [1.54, 1.807) is 0 Å². The van der Waals surface area contributed by atoms with Crippen LogP contribution in [-0.2, 0) is 11.3 Å². The van der Waals surface area contributed by atoms with E-state index in [-0.39, 0.29) is 11.7 Å². The summed E-state index contributed by atoms with van der Waals surface area (Å²) < 4.78 is 12.9. The third kappa shape index (κ3) is 2.14. The van der Waals surface area contributed by atoms with E-state index in [0.717, 1.165) is 0 Å². The van der Waals surface area contributed by atoms with Gasteiger partial charge in [-0.1, -0.05) is 0 Å². The summed E-state index contributed by atoms with van der Waals surface area (Å²) in [6.45, 7) is 1.28. The minimum Gasteiger partial charge on any atom is -0.508 e. The molecule has 0 unspecified atom stereocenters. The fourth-order valence-corrected chi connectivity index (χ4v) is 1.78. The van der Waals surface area contributed by atoms with Crippen molar-refractivity contribution in [3.05, 3.63) is 29.6 Å². The highest BCUT2D eigenvalue weighted by Gasteiger charge is 2.32. The summed E-state index contributed by atoms with van der Waals surface area (Å²) in [5, 5.41) is 18.1. The number of hydrogen-bond acceptors (Lipinski definition) is 3. The summed E-state index contributed by atoms with van der Waals surface area (Å²) in [6, 6.07) is 3.76. The van der Waals surface area contributed by atoms with Crippen LogP contribution >= 0.6 is 0 Å². The minimum absolute atomic E-state index is 0.0418. The van der Waals surface area contributed by atoms with Crippen molar-refractivity contribution in [1.29, 1.82) is 0 Å². The first-order valence-electron chi connectivity index (χ1n) is 4.99. The lowest BCUT2D eigenvalue weighted by atomic mass is 9.99. The molecule has 2 rings (SSSR count). The largest absolute Gasteiger partial charge is 0.508 e. The second-order valence-corrected chi connectivity index (χ2v) is 4.00. The van der Waals surface area contributed by atoms with Gasteiger partial charge in [0, 0.05) is 25.2 Å². The number of carboxylic acids is 1. The molecule has 0 aromatic heterocycles. The average molecular weight is 225 g/mol. The molecule has 1 aromatic carbocycles. The van der Waals surface area contributed by atoms with Crippen molar-refractivity contribution in [2.75, 3.05) is 13.1 Å². The smallest absolute Gasteiger partial charge is 0.309 e. The highest BCUT2D eigenvalue weighted by molar-refractivity contribution is 5.71. The standard InChI is InChI=1S/C11H12FNO3/c12-9-1-2-10(14)7(3-9)4-13-5-8(6-13)11(15)16/h1-3,8,14H,4-6H2,(H,15,16). The van der Waals surface area contributed by atoms with Gasteiger partial charge in [-0.25, -0.2) is 4.39 Å². The van der Waals surface area contributed by atoms with Crippen LogP contribution in [0.25, 0.3) is 0 Å². The first-order valence-corrected chi connectivity index (χ1v) is 4.99. The van der Waals surface area contributed by atoms with Crippen molar-refractivity contribution in [1.82, 2.24) is 4.90 Å².